The van der Waals surface area contributed by atoms with Crippen molar-refractivity contribution in [3.63, 3.8) is 0 Å². The lowest BCUT2D eigenvalue weighted by Gasteiger charge is -2.30. The molecule has 0 spiro atoms. The normalized spacial score (nSPS) is 21.4. The van der Waals surface area contributed by atoms with E-state index in [0.29, 0.717) is 22.6 Å². The fraction of sp³-hybridized carbons (Fsp3) is 0.562. The van der Waals surface area contributed by atoms with E-state index in [0.717, 1.165) is 32.6 Å². The fourth-order valence-corrected chi connectivity index (χ4v) is 3.26. The Morgan fingerprint density at radius 3 is 2.65 bits per heavy atom. The van der Waals surface area contributed by atoms with E-state index in [9.17, 15) is 4.79 Å². The van der Waals surface area contributed by atoms with Gasteiger partial charge in [0.25, 0.3) is 5.91 Å². The second-order valence-corrected chi connectivity index (χ2v) is 6.02. The Balaban J connectivity index is 1.59. The zero-order valence-corrected chi connectivity index (χ0v) is 11.7. The van der Waals surface area contributed by atoms with Crippen LogP contribution in [0.3, 0.4) is 0 Å². The molecule has 2 fully saturated rings. The van der Waals surface area contributed by atoms with Crippen LogP contribution >= 0.6 is 0 Å². The molecule has 1 heterocycles. The molecule has 1 saturated carbocycles. The molecule has 0 unspecified atom stereocenters. The van der Waals surface area contributed by atoms with Gasteiger partial charge in [-0.25, -0.2) is 0 Å². The molecular weight excluding hydrogens is 252 g/mol. The van der Waals surface area contributed by atoms with E-state index < -0.39 is 0 Å². The molecule has 4 nitrogen and oxygen atoms in total. The van der Waals surface area contributed by atoms with Gasteiger partial charge in [-0.15, -0.1) is 0 Å². The predicted molar refractivity (Wildman–Crippen MR) is 78.4 cm³/mol. The van der Waals surface area contributed by atoms with Gasteiger partial charge in [0.1, 0.15) is 0 Å². The maximum Gasteiger partial charge on any atom is 0.253 e. The maximum atomic E-state index is 12.2. The lowest BCUT2D eigenvalue weighted by atomic mass is 9.83. The van der Waals surface area contributed by atoms with E-state index >= 15 is 0 Å². The minimum absolute atomic E-state index is 0.0542. The number of carbonyl (C=O) groups is 1. The maximum absolute atomic E-state index is 12.2. The summed E-state index contributed by atoms with van der Waals surface area (Å²) in [6.07, 6.45) is 4.71. The highest BCUT2D eigenvalue weighted by molar-refractivity contribution is 5.99. The summed E-state index contributed by atoms with van der Waals surface area (Å²) in [6.45, 7) is 2.50. The number of nitrogens with two attached hydrogens (primary N) is 1. The number of para-hydroxylation sites is 1. The van der Waals surface area contributed by atoms with Crippen LogP contribution in [0.4, 0.5) is 5.69 Å². The Morgan fingerprint density at radius 2 is 2.00 bits per heavy atom. The minimum Gasteiger partial charge on any atom is -0.398 e. The zero-order valence-electron chi connectivity index (χ0n) is 11.7. The van der Waals surface area contributed by atoms with Crippen molar-refractivity contribution in [2.45, 2.75) is 25.7 Å². The molecule has 2 aliphatic rings. The number of anilines is 1. The van der Waals surface area contributed by atoms with Crippen LogP contribution in [-0.4, -0.2) is 25.7 Å². The van der Waals surface area contributed by atoms with Crippen LogP contribution in [0.1, 0.15) is 36.0 Å². The van der Waals surface area contributed by atoms with Crippen LogP contribution < -0.4 is 11.1 Å². The van der Waals surface area contributed by atoms with Crippen molar-refractivity contribution in [2.75, 3.05) is 25.5 Å². The number of carbonyl (C=O) groups excluding carboxylic acids is 1. The van der Waals surface area contributed by atoms with Crippen molar-refractivity contribution in [3.8, 4) is 0 Å². The first-order valence-corrected chi connectivity index (χ1v) is 7.42. The smallest absolute Gasteiger partial charge is 0.253 e. The molecule has 3 N–H and O–H groups in total. The van der Waals surface area contributed by atoms with Crippen LogP contribution in [0.5, 0.6) is 0 Å². The van der Waals surface area contributed by atoms with Gasteiger partial charge >= 0.3 is 0 Å². The molecular formula is C16H22N2O2. The average molecular weight is 274 g/mol. The van der Waals surface area contributed by atoms with E-state index in [-0.39, 0.29) is 5.91 Å². The van der Waals surface area contributed by atoms with Crippen LogP contribution in [0.15, 0.2) is 24.3 Å². The second-order valence-electron chi connectivity index (χ2n) is 6.02. The lowest BCUT2D eigenvalue weighted by Crippen LogP contribution is -2.36. The Kier molecular flexibility index (Phi) is 3.66. The van der Waals surface area contributed by atoms with E-state index in [4.69, 9.17) is 10.5 Å². The summed E-state index contributed by atoms with van der Waals surface area (Å²) >= 11 is 0. The van der Waals surface area contributed by atoms with Crippen LogP contribution in [0.2, 0.25) is 0 Å². The highest BCUT2D eigenvalue weighted by Crippen LogP contribution is 2.54. The molecule has 108 valence electrons. The van der Waals surface area contributed by atoms with Crippen molar-refractivity contribution >= 4 is 11.6 Å². The van der Waals surface area contributed by atoms with Crippen molar-refractivity contribution in [3.05, 3.63) is 29.8 Å². The highest BCUT2D eigenvalue weighted by Gasteiger charge is 2.49. The van der Waals surface area contributed by atoms with E-state index in [2.05, 4.69) is 5.32 Å². The van der Waals surface area contributed by atoms with Crippen molar-refractivity contribution in [2.24, 2.45) is 11.3 Å². The van der Waals surface area contributed by atoms with Gasteiger partial charge in [0, 0.05) is 25.4 Å². The largest absolute Gasteiger partial charge is 0.398 e. The molecule has 1 aliphatic carbocycles. The SMILES string of the molecule is Nc1ccccc1C(=O)NCC1(C2CCOCC2)CC1. The van der Waals surface area contributed by atoms with Gasteiger partial charge in [0.05, 0.1) is 5.56 Å². The second kappa shape index (κ2) is 5.44. The molecule has 1 aromatic rings. The molecule has 0 bridgehead atoms. The molecule has 0 radical (unpaired) electrons. The summed E-state index contributed by atoms with van der Waals surface area (Å²) in [5.74, 6) is 0.645. The Morgan fingerprint density at radius 1 is 1.30 bits per heavy atom. The van der Waals surface area contributed by atoms with Gasteiger partial charge in [-0.05, 0) is 49.1 Å². The number of amides is 1. The van der Waals surface area contributed by atoms with Gasteiger partial charge in [-0.3, -0.25) is 4.79 Å². The average Bonchev–Trinajstić information content (AvgIpc) is 3.27. The lowest BCUT2D eigenvalue weighted by molar-refractivity contribution is 0.0404. The van der Waals surface area contributed by atoms with E-state index in [1.165, 1.54) is 12.8 Å². The van der Waals surface area contributed by atoms with Gasteiger partial charge in [0.2, 0.25) is 0 Å². The molecule has 1 aliphatic heterocycles. The van der Waals surface area contributed by atoms with Crippen molar-refractivity contribution < 1.29 is 9.53 Å². The zero-order chi connectivity index (χ0) is 14.0. The van der Waals surface area contributed by atoms with Gasteiger partial charge in [-0.2, -0.15) is 0 Å². The Hall–Kier alpha value is -1.55. The minimum atomic E-state index is -0.0542. The Bertz CT molecular complexity index is 491. The highest BCUT2D eigenvalue weighted by atomic mass is 16.5. The third kappa shape index (κ3) is 2.66. The van der Waals surface area contributed by atoms with Gasteiger partial charge in [-0.1, -0.05) is 12.1 Å². The number of hydrogen-bond donors (Lipinski definition) is 2. The molecule has 0 aromatic heterocycles. The molecule has 3 rings (SSSR count). The van der Waals surface area contributed by atoms with Crippen molar-refractivity contribution in [1.29, 1.82) is 0 Å². The number of nitrogen functional groups attached to an aromatic ring is 1. The summed E-state index contributed by atoms with van der Waals surface area (Å²) in [7, 11) is 0. The number of nitrogens with one attached hydrogen (secondary N) is 1. The summed E-state index contributed by atoms with van der Waals surface area (Å²) < 4.78 is 5.43. The van der Waals surface area contributed by atoms with E-state index in [1.807, 2.05) is 12.1 Å². The summed E-state index contributed by atoms with van der Waals surface area (Å²) in [5, 5.41) is 3.08. The summed E-state index contributed by atoms with van der Waals surface area (Å²) in [4.78, 5) is 12.2. The molecule has 1 saturated heterocycles. The van der Waals surface area contributed by atoms with Crippen molar-refractivity contribution in [1.82, 2.24) is 5.32 Å². The van der Waals surface area contributed by atoms with Crippen LogP contribution in [0.25, 0.3) is 0 Å². The molecule has 1 amide bonds. The monoisotopic (exact) mass is 274 g/mol. The topological polar surface area (TPSA) is 64.4 Å². The van der Waals surface area contributed by atoms with Crippen LogP contribution in [0, 0.1) is 11.3 Å². The first-order chi connectivity index (χ1) is 9.71. The molecule has 4 heteroatoms. The van der Waals surface area contributed by atoms with Crippen LogP contribution in [-0.2, 0) is 4.74 Å². The molecule has 1 aromatic carbocycles. The van der Waals surface area contributed by atoms with Gasteiger partial charge in [0.15, 0.2) is 0 Å². The standard InChI is InChI=1S/C16H22N2O2/c17-14-4-2-1-3-13(14)15(19)18-11-16(7-8-16)12-5-9-20-10-6-12/h1-4,12H,5-11,17H2,(H,18,19). The predicted octanol–water partition coefficient (Wildman–Crippen LogP) is 2.21. The molecule has 0 atom stereocenters. The first-order valence-electron chi connectivity index (χ1n) is 7.42. The summed E-state index contributed by atoms with van der Waals surface area (Å²) in [6, 6.07) is 7.23. The quantitative estimate of drug-likeness (QED) is 0.827. The third-order valence-corrected chi connectivity index (χ3v) is 4.79. The Labute approximate surface area is 119 Å². The summed E-state index contributed by atoms with van der Waals surface area (Å²) in [5.41, 5.74) is 7.29. The van der Waals surface area contributed by atoms with Gasteiger partial charge < -0.3 is 15.8 Å². The molecule has 20 heavy (non-hydrogen) atoms. The number of hydrogen-bond acceptors (Lipinski definition) is 3. The number of benzene rings is 1. The third-order valence-electron chi connectivity index (χ3n) is 4.79. The van der Waals surface area contributed by atoms with E-state index in [1.54, 1.807) is 12.1 Å². The fourth-order valence-electron chi connectivity index (χ4n) is 3.26. The number of ether oxygens (including phenoxy) is 1. The number of rotatable bonds is 4. The first kappa shape index (κ1) is 13.4.